The van der Waals surface area contributed by atoms with Crippen LogP contribution in [0.2, 0.25) is 0 Å². The van der Waals surface area contributed by atoms with Gasteiger partial charge >= 0.3 is 0 Å². The summed E-state index contributed by atoms with van der Waals surface area (Å²) in [4.78, 5) is 0. The van der Waals surface area contributed by atoms with E-state index in [2.05, 4.69) is 0 Å². The standard InChI is InChI=1S/CH2O2S/c1-4(2)3/h1H2/i1D. The predicted molar refractivity (Wildman–Crippen MR) is 16.0 cm³/mol. The normalized spacial score (nSPS) is 8.50. The first-order valence-electron chi connectivity index (χ1n) is 1.15. The van der Waals surface area contributed by atoms with Crippen LogP contribution in [0, 0.1) is 0 Å². The molecule has 0 rings (SSSR count). The molecule has 0 N–H and O–H groups in total. The lowest BCUT2D eigenvalue weighted by Crippen LogP contribution is -1.39. The fourth-order valence-corrected chi connectivity index (χ4v) is 0. The van der Waals surface area contributed by atoms with Crippen LogP contribution in [0.1, 0.15) is 1.37 Å². The summed E-state index contributed by atoms with van der Waals surface area (Å²) in [5.41, 5.74) is 0. The molecule has 0 bridgehead atoms. The largest absolute Gasteiger partial charge is 0.206 e. The van der Waals surface area contributed by atoms with E-state index in [-0.39, 0.29) is 0 Å². The molecule has 0 aliphatic rings. The minimum Gasteiger partial charge on any atom is -0.185 e. The predicted octanol–water partition coefficient (Wildman–Crippen LogP) is -0.702. The molecule has 0 aromatic rings. The molecule has 2 nitrogen and oxygen atoms in total. The molecule has 0 atom stereocenters. The van der Waals surface area contributed by atoms with Gasteiger partial charge in [-0.1, -0.05) is 0 Å². The Balaban J connectivity index is 4.25. The van der Waals surface area contributed by atoms with Crippen molar-refractivity contribution < 1.29 is 9.79 Å². The van der Waals surface area contributed by atoms with Gasteiger partial charge in [0.1, 0.15) is 0 Å². The lowest BCUT2D eigenvalue weighted by molar-refractivity contribution is 0.627. The molecule has 0 aromatic heterocycles. The van der Waals surface area contributed by atoms with Crippen molar-refractivity contribution in [3.05, 3.63) is 0 Å². The lowest BCUT2D eigenvalue weighted by Gasteiger charge is -1.19. The van der Waals surface area contributed by atoms with Gasteiger partial charge in [-0.2, -0.15) is 8.42 Å². The maximum Gasteiger partial charge on any atom is 0.206 e. The van der Waals surface area contributed by atoms with Crippen LogP contribution >= 0.6 is 0 Å². The van der Waals surface area contributed by atoms with E-state index in [1.54, 1.807) is 0 Å². The van der Waals surface area contributed by atoms with E-state index in [0.717, 1.165) is 0 Å². The summed E-state index contributed by atoms with van der Waals surface area (Å²) < 4.78 is 24.2. The molecule has 0 fully saturated rings. The highest BCUT2D eigenvalue weighted by molar-refractivity contribution is 7.70. The van der Waals surface area contributed by atoms with Crippen LogP contribution in [-0.4, -0.2) is 14.3 Å². The third-order valence-corrected chi connectivity index (χ3v) is 0. The molecule has 0 saturated carbocycles. The number of rotatable bonds is 0. The number of hydrogen-bond donors (Lipinski definition) is 0. The molecule has 0 heterocycles. The first kappa shape index (κ1) is 1.96. The van der Waals surface area contributed by atoms with E-state index >= 15 is 0 Å². The van der Waals surface area contributed by atoms with Gasteiger partial charge in [0, 0.05) is 5.85 Å². The lowest BCUT2D eigenvalue weighted by atomic mass is 12.0. The van der Waals surface area contributed by atoms with Crippen LogP contribution < -0.4 is 0 Å². The average molecular weight is 79.1 g/mol. The number of hydrogen-bond acceptors (Lipinski definition) is 2. The van der Waals surface area contributed by atoms with Gasteiger partial charge in [0.2, 0.25) is 10.3 Å². The van der Waals surface area contributed by atoms with E-state index in [9.17, 15) is 0 Å². The van der Waals surface area contributed by atoms with Crippen LogP contribution in [0.15, 0.2) is 0 Å². The summed E-state index contributed by atoms with van der Waals surface area (Å²) >= 11 is 0. The molecular formula is CH2O2S. The Morgan fingerprint density at radius 2 is 2.25 bits per heavy atom. The van der Waals surface area contributed by atoms with E-state index < -0.39 is 10.3 Å². The summed E-state index contributed by atoms with van der Waals surface area (Å²) in [6, 6.07) is 0. The Bertz CT molecular complexity index is 113. The molecule has 0 amide bonds. The second-order valence-corrected chi connectivity index (χ2v) is 0.781. The second-order valence-electron chi connectivity index (χ2n) is 0.260. The molecule has 24 valence electrons. The van der Waals surface area contributed by atoms with Crippen LogP contribution in [0.5, 0.6) is 0 Å². The van der Waals surface area contributed by atoms with Crippen molar-refractivity contribution in [1.82, 2.24) is 0 Å². The third-order valence-electron chi connectivity index (χ3n) is 0. The smallest absolute Gasteiger partial charge is 0.185 e. The van der Waals surface area contributed by atoms with Gasteiger partial charge < -0.3 is 0 Å². The highest BCUT2D eigenvalue weighted by Gasteiger charge is 1.28. The minimum absolute atomic E-state index is 0.333. The minimum atomic E-state index is -2.28. The van der Waals surface area contributed by atoms with Crippen LogP contribution in [0.25, 0.3) is 0 Å². The maximum absolute atomic E-state index is 9.12. The molecule has 0 unspecified atom stereocenters. The summed E-state index contributed by atoms with van der Waals surface area (Å²) in [5, 5.41) is 0. The van der Waals surface area contributed by atoms with Gasteiger partial charge in [0.15, 0.2) is 0 Å². The zero-order valence-corrected chi connectivity index (χ0v) is 2.62. The van der Waals surface area contributed by atoms with Gasteiger partial charge in [-0.15, -0.1) is 0 Å². The highest BCUT2D eigenvalue weighted by atomic mass is 32.2. The first-order chi connectivity index (χ1) is 2.27. The molecular weight excluding hydrogens is 76.1 g/mol. The van der Waals surface area contributed by atoms with Crippen LogP contribution in [0.4, 0.5) is 0 Å². The first-order valence-corrected chi connectivity index (χ1v) is 1.71. The molecule has 4 heavy (non-hydrogen) atoms. The Kier molecular flexibility index (Phi) is 0.521. The van der Waals surface area contributed by atoms with Gasteiger partial charge in [0.25, 0.3) is 0 Å². The van der Waals surface area contributed by atoms with E-state index in [0.29, 0.717) is 5.85 Å². The van der Waals surface area contributed by atoms with Crippen molar-refractivity contribution in [2.45, 2.75) is 0 Å². The molecule has 0 spiro atoms. The van der Waals surface area contributed by atoms with E-state index in [1.165, 1.54) is 0 Å². The summed E-state index contributed by atoms with van der Waals surface area (Å²) in [5.74, 6) is 0.333. The molecule has 3 heteroatoms. The van der Waals surface area contributed by atoms with Crippen LogP contribution in [-0.2, 0) is 10.3 Å². The Morgan fingerprint density at radius 3 is 2.25 bits per heavy atom. The summed E-state index contributed by atoms with van der Waals surface area (Å²) in [6.07, 6.45) is 0. The molecule has 0 radical (unpaired) electrons. The van der Waals surface area contributed by atoms with Crippen molar-refractivity contribution in [1.29, 1.82) is 0 Å². The fraction of sp³-hybridized carbons (Fsp3) is 0. The maximum atomic E-state index is 9.12. The highest BCUT2D eigenvalue weighted by Crippen LogP contribution is 1.08. The van der Waals surface area contributed by atoms with E-state index in [4.69, 9.17) is 9.79 Å². The van der Waals surface area contributed by atoms with Crippen molar-refractivity contribution in [2.75, 3.05) is 0 Å². The van der Waals surface area contributed by atoms with Gasteiger partial charge in [-0.05, 0) is 0 Å². The third kappa shape index (κ3) is 8.37. The Hall–Kier alpha value is -0.310. The van der Waals surface area contributed by atoms with Crippen LogP contribution in [0.3, 0.4) is 0 Å². The molecule has 0 aliphatic heterocycles. The van der Waals surface area contributed by atoms with E-state index in [1.807, 2.05) is 0 Å². The van der Waals surface area contributed by atoms with Gasteiger partial charge in [-0.25, -0.2) is 0 Å². The van der Waals surface area contributed by atoms with Crippen molar-refractivity contribution in [3.8, 4) is 0 Å². The summed E-state index contributed by atoms with van der Waals surface area (Å²) in [7, 11) is -2.28. The topological polar surface area (TPSA) is 34.1 Å². The molecule has 0 aromatic carbocycles. The Morgan fingerprint density at radius 1 is 2.00 bits per heavy atom. The average Bonchev–Trinajstić information content (AvgIpc) is 1.38. The molecule has 0 aliphatic carbocycles. The van der Waals surface area contributed by atoms with Crippen molar-refractivity contribution >= 4 is 16.1 Å². The zero-order chi connectivity index (χ0) is 4.28. The van der Waals surface area contributed by atoms with Crippen molar-refractivity contribution in [2.24, 2.45) is 0 Å². The van der Waals surface area contributed by atoms with Gasteiger partial charge in [0.05, 0.1) is 1.37 Å². The fourth-order valence-electron chi connectivity index (χ4n) is 0. The second kappa shape index (κ2) is 1.06. The monoisotopic (exact) mass is 79.0 g/mol. The quantitative estimate of drug-likeness (QED) is 0.360. The van der Waals surface area contributed by atoms with Gasteiger partial charge in [-0.3, -0.25) is 0 Å². The summed E-state index contributed by atoms with van der Waals surface area (Å²) in [6.45, 7) is 0. The SMILES string of the molecule is [2H]C=S(=O)=O. The Labute approximate surface area is 27.0 Å². The zero-order valence-electron chi connectivity index (χ0n) is 2.80. The van der Waals surface area contributed by atoms with Crippen molar-refractivity contribution in [3.63, 3.8) is 0 Å². The molecule has 0 saturated heterocycles.